The zero-order chi connectivity index (χ0) is 16.4. The summed E-state index contributed by atoms with van der Waals surface area (Å²) in [4.78, 5) is 12.7. The molecule has 1 N–H and O–H groups in total. The van der Waals surface area contributed by atoms with Crippen molar-refractivity contribution in [3.8, 4) is 5.69 Å². The smallest absolute Gasteiger partial charge is 0.317 e. The third kappa shape index (κ3) is 3.51. The number of aromatic nitrogens is 2. The van der Waals surface area contributed by atoms with E-state index in [1.165, 1.54) is 16.7 Å². The summed E-state index contributed by atoms with van der Waals surface area (Å²) in [5.41, 5.74) is 5.93. The minimum absolute atomic E-state index is 0.103. The Labute approximate surface area is 135 Å². The summed E-state index contributed by atoms with van der Waals surface area (Å²) in [5.74, 6) is -0.774. The van der Waals surface area contributed by atoms with Crippen molar-refractivity contribution in [1.82, 2.24) is 14.7 Å². The molecule has 1 aliphatic rings. The summed E-state index contributed by atoms with van der Waals surface area (Å²) >= 11 is 0. The second kappa shape index (κ2) is 6.38. The van der Waals surface area contributed by atoms with Gasteiger partial charge in [0.05, 0.1) is 18.4 Å². The minimum Gasteiger partial charge on any atom is -0.480 e. The maximum Gasteiger partial charge on any atom is 0.317 e. The van der Waals surface area contributed by atoms with Crippen LogP contribution in [0.15, 0.2) is 36.7 Å². The normalized spacial score (nSPS) is 15.5. The maximum atomic E-state index is 10.8. The molecule has 1 aliphatic heterocycles. The van der Waals surface area contributed by atoms with Crippen LogP contribution >= 0.6 is 0 Å². The van der Waals surface area contributed by atoms with Crippen LogP contribution in [0.2, 0.25) is 0 Å². The van der Waals surface area contributed by atoms with Gasteiger partial charge in [-0.25, -0.2) is 4.68 Å². The Bertz CT molecular complexity index is 761. The van der Waals surface area contributed by atoms with Gasteiger partial charge in [0.25, 0.3) is 0 Å². The van der Waals surface area contributed by atoms with Crippen LogP contribution in [0.4, 0.5) is 0 Å². The van der Waals surface area contributed by atoms with Gasteiger partial charge in [0.15, 0.2) is 0 Å². The van der Waals surface area contributed by atoms with Crippen LogP contribution in [0.3, 0.4) is 0 Å². The molecule has 3 rings (SSSR count). The summed E-state index contributed by atoms with van der Waals surface area (Å²) in [6.45, 7) is 5.75. The van der Waals surface area contributed by atoms with E-state index in [4.69, 9.17) is 5.11 Å². The molecular weight excluding hydrogens is 290 g/mol. The second-order valence-corrected chi connectivity index (χ2v) is 6.05. The van der Waals surface area contributed by atoms with Crippen LogP contribution < -0.4 is 0 Å². The third-order valence-electron chi connectivity index (χ3n) is 4.36. The first-order valence-corrected chi connectivity index (χ1v) is 7.79. The van der Waals surface area contributed by atoms with Crippen LogP contribution in [0.25, 0.3) is 11.3 Å². The number of aliphatic carboxylic acids is 1. The summed E-state index contributed by atoms with van der Waals surface area (Å²) in [5, 5.41) is 13.3. The standard InChI is InChI=1S/C18H21N3O2/c1-13-3-4-17(9-14(13)2)21-11-16(10-19-21)15-5-7-20(8-6-15)12-18(22)23/h3-5,9-11H,6-8,12H2,1-2H3,(H,22,23). The van der Waals surface area contributed by atoms with E-state index in [-0.39, 0.29) is 6.54 Å². The van der Waals surface area contributed by atoms with E-state index in [1.807, 2.05) is 22.0 Å². The first-order valence-electron chi connectivity index (χ1n) is 7.79. The molecule has 0 radical (unpaired) electrons. The average molecular weight is 311 g/mol. The van der Waals surface area contributed by atoms with Gasteiger partial charge >= 0.3 is 5.97 Å². The minimum atomic E-state index is -0.774. The Balaban J connectivity index is 1.76. The monoisotopic (exact) mass is 311 g/mol. The van der Waals surface area contributed by atoms with Gasteiger partial charge in [-0.05, 0) is 49.1 Å². The summed E-state index contributed by atoms with van der Waals surface area (Å²) in [6.07, 6.45) is 6.89. The molecule has 5 nitrogen and oxygen atoms in total. The third-order valence-corrected chi connectivity index (χ3v) is 4.36. The van der Waals surface area contributed by atoms with E-state index in [9.17, 15) is 4.79 Å². The summed E-state index contributed by atoms with van der Waals surface area (Å²) in [6, 6.07) is 6.31. The van der Waals surface area contributed by atoms with Crippen LogP contribution in [0.1, 0.15) is 23.1 Å². The number of hydrogen-bond donors (Lipinski definition) is 1. The highest BCUT2D eigenvalue weighted by Gasteiger charge is 2.16. The Hall–Kier alpha value is -2.40. The van der Waals surface area contributed by atoms with Crippen molar-refractivity contribution in [1.29, 1.82) is 0 Å². The molecule has 0 atom stereocenters. The van der Waals surface area contributed by atoms with E-state index in [1.54, 1.807) is 0 Å². The Morgan fingerprint density at radius 2 is 2.13 bits per heavy atom. The molecule has 1 aromatic carbocycles. The lowest BCUT2D eigenvalue weighted by Crippen LogP contribution is -2.33. The molecule has 2 aromatic rings. The predicted molar refractivity (Wildman–Crippen MR) is 89.7 cm³/mol. The van der Waals surface area contributed by atoms with Crippen molar-refractivity contribution in [3.63, 3.8) is 0 Å². The fourth-order valence-corrected chi connectivity index (χ4v) is 2.81. The lowest BCUT2D eigenvalue weighted by atomic mass is 10.0. The SMILES string of the molecule is Cc1ccc(-n2cc(C3=CCN(CC(=O)O)CC3)cn2)cc1C. The topological polar surface area (TPSA) is 58.4 Å². The summed E-state index contributed by atoms with van der Waals surface area (Å²) in [7, 11) is 0. The molecule has 0 fully saturated rings. The number of aryl methyl sites for hydroxylation is 2. The highest BCUT2D eigenvalue weighted by atomic mass is 16.4. The quantitative estimate of drug-likeness (QED) is 0.943. The molecule has 23 heavy (non-hydrogen) atoms. The molecular formula is C18H21N3O2. The van der Waals surface area contributed by atoms with Gasteiger partial charge < -0.3 is 5.11 Å². The number of carbonyl (C=O) groups is 1. The Morgan fingerprint density at radius 1 is 1.30 bits per heavy atom. The van der Waals surface area contributed by atoms with Crippen molar-refractivity contribution in [2.45, 2.75) is 20.3 Å². The van der Waals surface area contributed by atoms with Crippen molar-refractivity contribution in [2.24, 2.45) is 0 Å². The molecule has 1 aromatic heterocycles. The predicted octanol–water partition coefficient (Wildman–Crippen LogP) is 2.66. The van der Waals surface area contributed by atoms with Crippen LogP contribution in [-0.4, -0.2) is 45.4 Å². The summed E-state index contributed by atoms with van der Waals surface area (Å²) < 4.78 is 1.90. The average Bonchev–Trinajstić information content (AvgIpc) is 3.00. The zero-order valence-electron chi connectivity index (χ0n) is 13.5. The van der Waals surface area contributed by atoms with Gasteiger partial charge in [0, 0.05) is 24.8 Å². The van der Waals surface area contributed by atoms with Crippen LogP contribution in [0, 0.1) is 13.8 Å². The van der Waals surface area contributed by atoms with Gasteiger partial charge in [-0.1, -0.05) is 12.1 Å². The number of nitrogens with zero attached hydrogens (tertiary/aromatic N) is 3. The molecule has 2 heterocycles. The fraction of sp³-hybridized carbons (Fsp3) is 0.333. The highest BCUT2D eigenvalue weighted by molar-refractivity contribution is 5.70. The molecule has 5 heteroatoms. The molecule has 0 bridgehead atoms. The largest absolute Gasteiger partial charge is 0.480 e. The van der Waals surface area contributed by atoms with Crippen molar-refractivity contribution >= 4 is 11.5 Å². The van der Waals surface area contributed by atoms with E-state index in [0.29, 0.717) is 6.54 Å². The number of rotatable bonds is 4. The number of carboxylic acid groups (broad SMARTS) is 1. The Morgan fingerprint density at radius 3 is 2.78 bits per heavy atom. The Kier molecular flexibility index (Phi) is 4.30. The highest BCUT2D eigenvalue weighted by Crippen LogP contribution is 2.23. The van der Waals surface area contributed by atoms with E-state index in [0.717, 1.165) is 24.2 Å². The molecule has 0 aliphatic carbocycles. The van der Waals surface area contributed by atoms with E-state index in [2.05, 4.69) is 43.2 Å². The van der Waals surface area contributed by atoms with E-state index < -0.39 is 5.97 Å². The zero-order valence-corrected chi connectivity index (χ0v) is 13.5. The van der Waals surface area contributed by atoms with Gasteiger partial charge in [-0.3, -0.25) is 9.69 Å². The second-order valence-electron chi connectivity index (χ2n) is 6.05. The number of benzene rings is 1. The maximum absolute atomic E-state index is 10.8. The van der Waals surface area contributed by atoms with Crippen LogP contribution in [0.5, 0.6) is 0 Å². The lowest BCUT2D eigenvalue weighted by Gasteiger charge is -2.24. The van der Waals surface area contributed by atoms with Gasteiger partial charge in [0.1, 0.15) is 0 Å². The van der Waals surface area contributed by atoms with Crippen molar-refractivity contribution < 1.29 is 9.90 Å². The van der Waals surface area contributed by atoms with Crippen LogP contribution in [-0.2, 0) is 4.79 Å². The molecule has 0 amide bonds. The number of hydrogen-bond acceptors (Lipinski definition) is 3. The number of carboxylic acids is 1. The van der Waals surface area contributed by atoms with Crippen molar-refractivity contribution in [2.75, 3.05) is 19.6 Å². The fourth-order valence-electron chi connectivity index (χ4n) is 2.81. The van der Waals surface area contributed by atoms with Crippen molar-refractivity contribution in [3.05, 3.63) is 53.4 Å². The molecule has 120 valence electrons. The van der Waals surface area contributed by atoms with Gasteiger partial charge in [-0.15, -0.1) is 0 Å². The van der Waals surface area contributed by atoms with Gasteiger partial charge in [0.2, 0.25) is 0 Å². The molecule has 0 unspecified atom stereocenters. The molecule has 0 spiro atoms. The molecule has 0 saturated carbocycles. The first kappa shape index (κ1) is 15.5. The molecule has 0 saturated heterocycles. The lowest BCUT2D eigenvalue weighted by molar-refractivity contribution is -0.138. The first-order chi connectivity index (χ1) is 11.0. The van der Waals surface area contributed by atoms with E-state index >= 15 is 0 Å². The van der Waals surface area contributed by atoms with Gasteiger partial charge in [-0.2, -0.15) is 5.10 Å².